The molecule has 1 amide bonds. The van der Waals surface area contributed by atoms with Gasteiger partial charge in [0.15, 0.2) is 0 Å². The minimum Gasteiger partial charge on any atom is -0.507 e. The lowest BCUT2D eigenvalue weighted by atomic mass is 9.84. The fourth-order valence-electron chi connectivity index (χ4n) is 4.18. The molecule has 1 atom stereocenters. The normalized spacial score (nSPS) is 17.8. The standard InChI is InChI=1S/C28H28N2O4/c1-17-8-9-19(28(2,3)4)15-22(17)25(31)23-24(18-7-6-14-29-16-18)30(27(33)26(23)32)20-10-12-21(34-5)13-11-20/h6-16,24,31H,1-5H3/b25-23+. The lowest BCUT2D eigenvalue weighted by Gasteiger charge is -2.25. The number of amides is 1. The highest BCUT2D eigenvalue weighted by atomic mass is 16.5. The number of ether oxygens (including phenoxy) is 1. The van der Waals surface area contributed by atoms with E-state index < -0.39 is 17.7 Å². The van der Waals surface area contributed by atoms with Crippen molar-refractivity contribution < 1.29 is 19.4 Å². The fourth-order valence-corrected chi connectivity index (χ4v) is 4.18. The van der Waals surface area contributed by atoms with Gasteiger partial charge in [-0.25, -0.2) is 0 Å². The second kappa shape index (κ2) is 8.78. The third kappa shape index (κ3) is 4.07. The lowest BCUT2D eigenvalue weighted by molar-refractivity contribution is -0.132. The number of aryl methyl sites for hydroxylation is 1. The first-order valence-corrected chi connectivity index (χ1v) is 11.1. The molecule has 0 spiro atoms. The van der Waals surface area contributed by atoms with E-state index in [2.05, 4.69) is 25.8 Å². The molecule has 174 valence electrons. The Balaban J connectivity index is 1.94. The highest BCUT2D eigenvalue weighted by Crippen LogP contribution is 2.43. The summed E-state index contributed by atoms with van der Waals surface area (Å²) in [5, 5.41) is 11.5. The van der Waals surface area contributed by atoms with E-state index in [0.29, 0.717) is 22.6 Å². The Hall–Kier alpha value is -3.93. The van der Waals surface area contributed by atoms with Crippen molar-refractivity contribution in [3.8, 4) is 5.75 Å². The van der Waals surface area contributed by atoms with Crippen LogP contribution in [0.25, 0.3) is 5.76 Å². The maximum Gasteiger partial charge on any atom is 0.300 e. The van der Waals surface area contributed by atoms with E-state index >= 15 is 0 Å². The molecule has 0 bridgehead atoms. The minimum atomic E-state index is -0.820. The number of anilines is 1. The predicted molar refractivity (Wildman–Crippen MR) is 132 cm³/mol. The number of hydrogen-bond acceptors (Lipinski definition) is 5. The van der Waals surface area contributed by atoms with Crippen LogP contribution in [0.3, 0.4) is 0 Å². The Morgan fingerprint density at radius 3 is 2.35 bits per heavy atom. The van der Waals surface area contributed by atoms with Gasteiger partial charge in [0.1, 0.15) is 11.5 Å². The number of benzene rings is 2. The molecule has 6 nitrogen and oxygen atoms in total. The van der Waals surface area contributed by atoms with Crippen LogP contribution in [-0.4, -0.2) is 28.9 Å². The molecule has 0 radical (unpaired) electrons. The Labute approximate surface area is 199 Å². The molecule has 1 fully saturated rings. The summed E-state index contributed by atoms with van der Waals surface area (Å²) in [6.07, 6.45) is 3.23. The van der Waals surface area contributed by atoms with Gasteiger partial charge in [-0.1, -0.05) is 39.0 Å². The van der Waals surface area contributed by atoms with Gasteiger partial charge >= 0.3 is 0 Å². The molecule has 4 rings (SSSR count). The summed E-state index contributed by atoms with van der Waals surface area (Å²) in [6.45, 7) is 8.12. The van der Waals surface area contributed by atoms with Crippen LogP contribution in [0.5, 0.6) is 5.75 Å². The average Bonchev–Trinajstić information content (AvgIpc) is 3.09. The molecule has 2 heterocycles. The van der Waals surface area contributed by atoms with Crippen LogP contribution in [0.2, 0.25) is 0 Å². The molecule has 1 saturated heterocycles. The summed E-state index contributed by atoms with van der Waals surface area (Å²) in [6, 6.07) is 15.5. The zero-order chi connectivity index (χ0) is 24.6. The Bertz CT molecular complexity index is 1270. The quantitative estimate of drug-likeness (QED) is 0.326. The number of ketones is 1. The van der Waals surface area contributed by atoms with E-state index in [-0.39, 0.29) is 16.7 Å². The highest BCUT2D eigenvalue weighted by Gasteiger charge is 2.47. The molecule has 34 heavy (non-hydrogen) atoms. The number of Topliss-reactive ketones (excluding diaryl/α,β-unsaturated/α-hetero) is 1. The van der Waals surface area contributed by atoms with Gasteiger partial charge in [0, 0.05) is 23.6 Å². The van der Waals surface area contributed by atoms with Gasteiger partial charge in [-0.15, -0.1) is 0 Å². The molecule has 0 saturated carbocycles. The summed E-state index contributed by atoms with van der Waals surface area (Å²) < 4.78 is 5.23. The number of aliphatic hydroxyl groups excluding tert-OH is 1. The average molecular weight is 457 g/mol. The van der Waals surface area contributed by atoms with Crippen LogP contribution in [0.4, 0.5) is 5.69 Å². The van der Waals surface area contributed by atoms with Crippen molar-refractivity contribution in [3.63, 3.8) is 0 Å². The summed E-state index contributed by atoms with van der Waals surface area (Å²) >= 11 is 0. The van der Waals surface area contributed by atoms with Gasteiger partial charge in [0.05, 0.1) is 18.7 Å². The molecule has 1 aromatic heterocycles. The molecule has 1 aliphatic heterocycles. The van der Waals surface area contributed by atoms with E-state index in [1.54, 1.807) is 55.9 Å². The topological polar surface area (TPSA) is 79.7 Å². The first-order chi connectivity index (χ1) is 16.1. The van der Waals surface area contributed by atoms with Crippen molar-refractivity contribution in [2.75, 3.05) is 12.0 Å². The van der Waals surface area contributed by atoms with Crippen molar-refractivity contribution >= 4 is 23.1 Å². The number of hydrogen-bond donors (Lipinski definition) is 1. The van der Waals surface area contributed by atoms with Gasteiger partial charge < -0.3 is 9.84 Å². The Morgan fingerprint density at radius 2 is 1.76 bits per heavy atom. The fraction of sp³-hybridized carbons (Fsp3) is 0.250. The smallest absolute Gasteiger partial charge is 0.300 e. The van der Waals surface area contributed by atoms with Crippen molar-refractivity contribution in [1.82, 2.24) is 4.98 Å². The number of pyridine rings is 1. The van der Waals surface area contributed by atoms with Crippen LogP contribution in [0.1, 0.15) is 49.1 Å². The van der Waals surface area contributed by atoms with Gasteiger partial charge in [0.2, 0.25) is 0 Å². The van der Waals surface area contributed by atoms with Crippen LogP contribution in [0, 0.1) is 6.92 Å². The largest absolute Gasteiger partial charge is 0.507 e. The highest BCUT2D eigenvalue weighted by molar-refractivity contribution is 6.51. The minimum absolute atomic E-state index is 0.0444. The molecule has 3 aromatic rings. The summed E-state index contributed by atoms with van der Waals surface area (Å²) in [5.74, 6) is -0.993. The number of carbonyl (C=O) groups excluding carboxylic acids is 2. The third-order valence-electron chi connectivity index (χ3n) is 6.15. The molecule has 0 aliphatic carbocycles. The van der Waals surface area contributed by atoms with E-state index in [0.717, 1.165) is 11.1 Å². The van der Waals surface area contributed by atoms with Crippen LogP contribution in [0.15, 0.2) is 72.6 Å². The number of aliphatic hydroxyl groups is 1. The van der Waals surface area contributed by atoms with Crippen molar-refractivity contribution in [2.24, 2.45) is 0 Å². The molecule has 1 N–H and O–H groups in total. The Morgan fingerprint density at radius 1 is 1.06 bits per heavy atom. The van der Waals surface area contributed by atoms with Gasteiger partial charge in [-0.2, -0.15) is 0 Å². The van der Waals surface area contributed by atoms with E-state index in [9.17, 15) is 14.7 Å². The summed E-state index contributed by atoms with van der Waals surface area (Å²) in [4.78, 5) is 32.2. The summed E-state index contributed by atoms with van der Waals surface area (Å²) in [7, 11) is 1.56. The lowest BCUT2D eigenvalue weighted by Crippen LogP contribution is -2.29. The molecule has 2 aromatic carbocycles. The maximum atomic E-state index is 13.3. The maximum absolute atomic E-state index is 13.3. The van der Waals surface area contributed by atoms with E-state index in [4.69, 9.17) is 4.74 Å². The van der Waals surface area contributed by atoms with Crippen molar-refractivity contribution in [1.29, 1.82) is 0 Å². The van der Waals surface area contributed by atoms with Crippen molar-refractivity contribution in [3.05, 3.63) is 94.8 Å². The van der Waals surface area contributed by atoms with Gasteiger partial charge in [-0.3, -0.25) is 19.5 Å². The number of nitrogens with zero attached hydrogens (tertiary/aromatic N) is 2. The second-order valence-corrected chi connectivity index (χ2v) is 9.43. The number of rotatable bonds is 4. The molecular weight excluding hydrogens is 428 g/mol. The number of carbonyl (C=O) groups is 2. The third-order valence-corrected chi connectivity index (χ3v) is 6.15. The summed E-state index contributed by atoms with van der Waals surface area (Å²) in [5.41, 5.74) is 3.41. The number of aromatic nitrogens is 1. The molecule has 1 unspecified atom stereocenters. The molecular formula is C28H28N2O4. The van der Waals surface area contributed by atoms with E-state index in [1.165, 1.54) is 4.90 Å². The Kier molecular flexibility index (Phi) is 6.00. The van der Waals surface area contributed by atoms with Crippen LogP contribution in [-0.2, 0) is 15.0 Å². The monoisotopic (exact) mass is 456 g/mol. The van der Waals surface area contributed by atoms with E-state index in [1.807, 2.05) is 25.1 Å². The predicted octanol–water partition coefficient (Wildman–Crippen LogP) is 5.32. The first kappa shape index (κ1) is 23.2. The van der Waals surface area contributed by atoms with Crippen molar-refractivity contribution in [2.45, 2.75) is 39.2 Å². The second-order valence-electron chi connectivity index (χ2n) is 9.43. The molecule has 1 aliphatic rings. The molecule has 6 heteroatoms. The van der Waals surface area contributed by atoms with Crippen LogP contribution >= 0.6 is 0 Å². The van der Waals surface area contributed by atoms with Gasteiger partial charge in [-0.05, 0) is 65.4 Å². The zero-order valence-corrected chi connectivity index (χ0v) is 20.0. The first-order valence-electron chi connectivity index (χ1n) is 11.1. The SMILES string of the molecule is COc1ccc(N2C(=O)C(=O)/C(=C(/O)c3cc(C(C)(C)C)ccc3C)C2c2cccnc2)cc1. The number of methoxy groups -OCH3 is 1. The van der Waals surface area contributed by atoms with Gasteiger partial charge in [0.25, 0.3) is 11.7 Å². The zero-order valence-electron chi connectivity index (χ0n) is 20.0. The van der Waals surface area contributed by atoms with Crippen LogP contribution < -0.4 is 9.64 Å².